The Hall–Kier alpha value is -2.92. The van der Waals surface area contributed by atoms with Crippen molar-refractivity contribution in [3.05, 3.63) is 83.7 Å². The van der Waals surface area contributed by atoms with Crippen LogP contribution in [0.3, 0.4) is 0 Å². The average molecular weight is 389 g/mol. The van der Waals surface area contributed by atoms with E-state index in [0.29, 0.717) is 12.5 Å². The predicted octanol–water partition coefficient (Wildman–Crippen LogP) is 3.69. The summed E-state index contributed by atoms with van der Waals surface area (Å²) in [5.74, 6) is 0.734. The number of aromatic nitrogens is 2. The molecule has 0 radical (unpaired) electrons. The predicted molar refractivity (Wildman–Crippen MR) is 115 cm³/mol. The summed E-state index contributed by atoms with van der Waals surface area (Å²) >= 11 is 0. The minimum Gasteiger partial charge on any atom is -0.337 e. The molecule has 2 aromatic carbocycles. The highest BCUT2D eigenvalue weighted by Gasteiger charge is 2.16. The monoisotopic (exact) mass is 388 g/mol. The van der Waals surface area contributed by atoms with E-state index in [9.17, 15) is 4.79 Å². The molecule has 1 aromatic heterocycles. The quantitative estimate of drug-likeness (QED) is 0.701. The molecule has 0 unspecified atom stereocenters. The topological polar surface area (TPSA) is 50.2 Å². The highest BCUT2D eigenvalue weighted by atomic mass is 16.2. The van der Waals surface area contributed by atoms with Crippen molar-refractivity contribution in [3.8, 4) is 5.69 Å². The van der Waals surface area contributed by atoms with E-state index in [1.165, 1.54) is 18.4 Å². The van der Waals surface area contributed by atoms with Crippen LogP contribution < -0.4 is 5.32 Å². The molecule has 5 heteroatoms. The lowest BCUT2D eigenvalue weighted by molar-refractivity contribution is 0.0785. The summed E-state index contributed by atoms with van der Waals surface area (Å²) in [5.41, 5.74) is 4.05. The second-order valence-electron chi connectivity index (χ2n) is 7.90. The third-order valence-electron chi connectivity index (χ3n) is 5.55. The van der Waals surface area contributed by atoms with Gasteiger partial charge in [-0.05, 0) is 68.1 Å². The van der Waals surface area contributed by atoms with Crippen LogP contribution in [0.25, 0.3) is 5.69 Å². The van der Waals surface area contributed by atoms with Gasteiger partial charge in [0.1, 0.15) is 0 Å². The van der Waals surface area contributed by atoms with Gasteiger partial charge in [0.15, 0.2) is 0 Å². The van der Waals surface area contributed by atoms with Gasteiger partial charge >= 0.3 is 0 Å². The van der Waals surface area contributed by atoms with E-state index in [-0.39, 0.29) is 5.91 Å². The Bertz CT molecular complexity index is 927. The van der Waals surface area contributed by atoms with Crippen molar-refractivity contribution in [2.75, 3.05) is 20.1 Å². The SMILES string of the molecule is CN(Cc1cnn(-c2ccccc2)c1)C(=O)c1ccc(C[C@@H]2CCCNC2)cc1. The standard InChI is InChI=1S/C24H28N4O/c1-27(17-21-16-26-28(18-21)23-7-3-2-4-8-23)24(29)22-11-9-19(10-12-22)14-20-6-5-13-25-15-20/h2-4,7-12,16,18,20,25H,5-6,13-15,17H2,1H3/t20-/m0/s1. The van der Waals surface area contributed by atoms with Crippen molar-refractivity contribution < 1.29 is 4.79 Å². The van der Waals surface area contributed by atoms with Gasteiger partial charge < -0.3 is 10.2 Å². The summed E-state index contributed by atoms with van der Waals surface area (Å²) in [5, 5.41) is 7.88. The number of hydrogen-bond acceptors (Lipinski definition) is 3. The van der Waals surface area contributed by atoms with E-state index in [4.69, 9.17) is 0 Å². The maximum atomic E-state index is 12.8. The van der Waals surface area contributed by atoms with Crippen molar-refractivity contribution in [1.82, 2.24) is 20.0 Å². The first-order valence-corrected chi connectivity index (χ1v) is 10.3. The Balaban J connectivity index is 1.36. The number of benzene rings is 2. The molecule has 4 rings (SSSR count). The summed E-state index contributed by atoms with van der Waals surface area (Å²) in [6.45, 7) is 2.77. The minimum absolute atomic E-state index is 0.0309. The third-order valence-corrected chi connectivity index (χ3v) is 5.55. The van der Waals surface area contributed by atoms with Gasteiger partial charge in [0.2, 0.25) is 0 Å². The maximum Gasteiger partial charge on any atom is 0.253 e. The van der Waals surface area contributed by atoms with Crippen molar-refractivity contribution in [1.29, 1.82) is 0 Å². The first-order valence-electron chi connectivity index (χ1n) is 10.3. The molecule has 5 nitrogen and oxygen atoms in total. The number of amides is 1. The number of nitrogens with one attached hydrogen (secondary N) is 1. The van der Waals surface area contributed by atoms with Crippen LogP contribution in [0.4, 0.5) is 0 Å². The number of para-hydroxylation sites is 1. The summed E-state index contributed by atoms with van der Waals surface area (Å²) < 4.78 is 1.84. The molecule has 1 aliphatic rings. The van der Waals surface area contributed by atoms with Gasteiger partial charge in [-0.25, -0.2) is 4.68 Å². The van der Waals surface area contributed by atoms with Gasteiger partial charge in [0, 0.05) is 30.9 Å². The zero-order chi connectivity index (χ0) is 20.1. The fourth-order valence-corrected chi connectivity index (χ4v) is 3.94. The van der Waals surface area contributed by atoms with Crippen molar-refractivity contribution >= 4 is 5.91 Å². The lowest BCUT2D eigenvalue weighted by Gasteiger charge is -2.22. The first kappa shape index (κ1) is 19.4. The average Bonchev–Trinajstić information content (AvgIpc) is 3.23. The highest BCUT2D eigenvalue weighted by molar-refractivity contribution is 5.94. The van der Waals surface area contributed by atoms with E-state index in [1.807, 2.05) is 66.6 Å². The van der Waals surface area contributed by atoms with E-state index < -0.39 is 0 Å². The molecule has 0 aliphatic carbocycles. The van der Waals surface area contributed by atoms with Crippen LogP contribution >= 0.6 is 0 Å². The molecule has 1 atom stereocenters. The number of carbonyl (C=O) groups excluding carboxylic acids is 1. The van der Waals surface area contributed by atoms with E-state index in [0.717, 1.165) is 36.3 Å². The Labute approximate surface area is 172 Å². The largest absolute Gasteiger partial charge is 0.337 e. The van der Waals surface area contributed by atoms with Gasteiger partial charge in [-0.2, -0.15) is 5.10 Å². The van der Waals surface area contributed by atoms with Crippen LogP contribution in [0.5, 0.6) is 0 Å². The Morgan fingerprint density at radius 1 is 1.14 bits per heavy atom. The molecule has 1 N–H and O–H groups in total. The smallest absolute Gasteiger partial charge is 0.253 e. The van der Waals surface area contributed by atoms with Crippen LogP contribution in [0.2, 0.25) is 0 Å². The number of carbonyl (C=O) groups is 1. The summed E-state index contributed by atoms with van der Waals surface area (Å²) in [4.78, 5) is 14.6. The number of hydrogen-bond donors (Lipinski definition) is 1. The fraction of sp³-hybridized carbons (Fsp3) is 0.333. The van der Waals surface area contributed by atoms with Crippen LogP contribution in [0.15, 0.2) is 67.0 Å². The van der Waals surface area contributed by atoms with Gasteiger partial charge in [0.25, 0.3) is 5.91 Å². The zero-order valence-electron chi connectivity index (χ0n) is 16.9. The molecule has 3 aromatic rings. The van der Waals surface area contributed by atoms with Crippen molar-refractivity contribution in [3.63, 3.8) is 0 Å². The molecule has 1 saturated heterocycles. The van der Waals surface area contributed by atoms with Gasteiger partial charge in [-0.15, -0.1) is 0 Å². The third kappa shape index (κ3) is 4.93. The molecule has 2 heterocycles. The normalized spacial score (nSPS) is 16.5. The molecule has 29 heavy (non-hydrogen) atoms. The Morgan fingerprint density at radius 2 is 1.93 bits per heavy atom. The van der Waals surface area contributed by atoms with E-state index in [1.54, 1.807) is 4.90 Å². The lowest BCUT2D eigenvalue weighted by Crippen LogP contribution is -2.30. The second-order valence-corrected chi connectivity index (χ2v) is 7.90. The molecule has 0 bridgehead atoms. The maximum absolute atomic E-state index is 12.8. The molecular weight excluding hydrogens is 360 g/mol. The molecule has 1 amide bonds. The second kappa shape index (κ2) is 9.05. The minimum atomic E-state index is 0.0309. The molecule has 0 saturated carbocycles. The molecule has 1 fully saturated rings. The van der Waals surface area contributed by atoms with Crippen molar-refractivity contribution in [2.45, 2.75) is 25.8 Å². The van der Waals surface area contributed by atoms with Crippen LogP contribution in [-0.2, 0) is 13.0 Å². The van der Waals surface area contributed by atoms with E-state index >= 15 is 0 Å². The van der Waals surface area contributed by atoms with Crippen molar-refractivity contribution in [2.24, 2.45) is 5.92 Å². The molecule has 150 valence electrons. The van der Waals surface area contributed by atoms with Gasteiger partial charge in [-0.3, -0.25) is 4.79 Å². The number of piperidine rings is 1. The first-order chi connectivity index (χ1) is 14.2. The summed E-state index contributed by atoms with van der Waals surface area (Å²) in [7, 11) is 1.84. The molecule has 1 aliphatic heterocycles. The Morgan fingerprint density at radius 3 is 2.66 bits per heavy atom. The molecular formula is C24H28N4O. The van der Waals surface area contributed by atoms with Crippen LogP contribution in [0.1, 0.15) is 34.3 Å². The fourth-order valence-electron chi connectivity index (χ4n) is 3.94. The van der Waals surface area contributed by atoms with Gasteiger partial charge in [0.05, 0.1) is 11.9 Å². The van der Waals surface area contributed by atoms with Crippen LogP contribution in [-0.4, -0.2) is 40.7 Å². The highest BCUT2D eigenvalue weighted by Crippen LogP contribution is 2.18. The molecule has 0 spiro atoms. The Kier molecular flexibility index (Phi) is 6.06. The van der Waals surface area contributed by atoms with Crippen LogP contribution in [0, 0.1) is 5.92 Å². The number of nitrogens with zero attached hydrogens (tertiary/aromatic N) is 3. The lowest BCUT2D eigenvalue weighted by atomic mass is 9.92. The number of rotatable bonds is 6. The summed E-state index contributed by atoms with van der Waals surface area (Å²) in [6, 6.07) is 18.1. The van der Waals surface area contributed by atoms with E-state index in [2.05, 4.69) is 22.5 Å². The summed E-state index contributed by atoms with van der Waals surface area (Å²) in [6.07, 6.45) is 7.41. The van der Waals surface area contributed by atoms with Gasteiger partial charge in [-0.1, -0.05) is 30.3 Å². The zero-order valence-corrected chi connectivity index (χ0v) is 16.9.